The minimum Gasteiger partial charge on any atom is -0.478 e. The Morgan fingerprint density at radius 1 is 0.714 bits per heavy atom. The van der Waals surface area contributed by atoms with Crippen LogP contribution >= 0.6 is 35.1 Å². The van der Waals surface area contributed by atoms with Crippen molar-refractivity contribution in [2.24, 2.45) is 0 Å². The first-order chi connectivity index (χ1) is 13.5. The van der Waals surface area contributed by atoms with E-state index in [1.807, 2.05) is 12.1 Å². The standard InChI is InChI=1S/C21H15ClO4S2/c22-14-11-9-13(10-12-14)21(27-17-7-3-1-5-15(17)19(23)24)28-18-8-4-2-6-16(18)20(25)26/h1-12,21H,(H,23,24)(H,25,26). The molecule has 142 valence electrons. The highest BCUT2D eigenvalue weighted by Gasteiger charge is 2.21. The Hall–Kier alpha value is -2.41. The molecule has 0 aromatic heterocycles. The van der Waals surface area contributed by atoms with E-state index in [0.29, 0.717) is 14.8 Å². The summed E-state index contributed by atoms with van der Waals surface area (Å²) >= 11 is 8.73. The number of carboxylic acids is 2. The van der Waals surface area contributed by atoms with Gasteiger partial charge >= 0.3 is 11.9 Å². The van der Waals surface area contributed by atoms with Crippen LogP contribution in [-0.2, 0) is 0 Å². The van der Waals surface area contributed by atoms with Crippen molar-refractivity contribution >= 4 is 47.1 Å². The summed E-state index contributed by atoms with van der Waals surface area (Å²) in [5.41, 5.74) is 1.32. The maximum absolute atomic E-state index is 11.6. The number of hydrogen-bond acceptors (Lipinski definition) is 4. The highest BCUT2D eigenvalue weighted by Crippen LogP contribution is 2.48. The second-order valence-electron chi connectivity index (χ2n) is 5.72. The Labute approximate surface area is 175 Å². The molecule has 0 unspecified atom stereocenters. The summed E-state index contributed by atoms with van der Waals surface area (Å²) in [5, 5.41) is 19.5. The quantitative estimate of drug-likeness (QED) is 0.337. The van der Waals surface area contributed by atoms with Gasteiger partial charge in [-0.2, -0.15) is 0 Å². The molecule has 0 bridgehead atoms. The number of rotatable bonds is 7. The van der Waals surface area contributed by atoms with Crippen molar-refractivity contribution in [3.05, 3.63) is 94.5 Å². The van der Waals surface area contributed by atoms with E-state index in [-0.39, 0.29) is 15.7 Å². The van der Waals surface area contributed by atoms with Gasteiger partial charge in [0.25, 0.3) is 0 Å². The number of halogens is 1. The third-order valence-corrected chi connectivity index (χ3v) is 6.87. The summed E-state index contributed by atoms with van der Waals surface area (Å²) < 4.78 is -0.265. The van der Waals surface area contributed by atoms with Crippen molar-refractivity contribution in [2.45, 2.75) is 14.4 Å². The van der Waals surface area contributed by atoms with Gasteiger partial charge in [-0.15, -0.1) is 23.5 Å². The molecule has 4 nitrogen and oxygen atoms in total. The fourth-order valence-electron chi connectivity index (χ4n) is 2.50. The van der Waals surface area contributed by atoms with E-state index in [1.165, 1.54) is 23.5 Å². The van der Waals surface area contributed by atoms with Crippen LogP contribution in [-0.4, -0.2) is 22.2 Å². The first kappa shape index (κ1) is 20.3. The molecular weight excluding hydrogens is 416 g/mol. The molecule has 0 aliphatic rings. The predicted molar refractivity (Wildman–Crippen MR) is 113 cm³/mol. The minimum absolute atomic E-state index is 0.207. The zero-order valence-corrected chi connectivity index (χ0v) is 16.8. The Bertz CT molecular complexity index is 946. The first-order valence-electron chi connectivity index (χ1n) is 8.19. The molecule has 0 spiro atoms. The Morgan fingerprint density at radius 2 is 1.14 bits per heavy atom. The number of thioether (sulfide) groups is 2. The monoisotopic (exact) mass is 430 g/mol. The van der Waals surface area contributed by atoms with Crippen molar-refractivity contribution in [1.82, 2.24) is 0 Å². The van der Waals surface area contributed by atoms with Crippen LogP contribution in [0.3, 0.4) is 0 Å². The maximum atomic E-state index is 11.6. The Morgan fingerprint density at radius 3 is 1.57 bits per heavy atom. The zero-order valence-electron chi connectivity index (χ0n) is 14.4. The van der Waals surface area contributed by atoms with Crippen LogP contribution in [0.25, 0.3) is 0 Å². The second kappa shape index (κ2) is 9.19. The lowest BCUT2D eigenvalue weighted by Gasteiger charge is -2.19. The second-order valence-corrected chi connectivity index (χ2v) is 8.75. The molecule has 3 aromatic carbocycles. The summed E-state index contributed by atoms with van der Waals surface area (Å²) in [6.45, 7) is 0. The summed E-state index contributed by atoms with van der Waals surface area (Å²) in [6.07, 6.45) is 0. The fraction of sp³-hybridized carbons (Fsp3) is 0.0476. The van der Waals surface area contributed by atoms with Crippen LogP contribution < -0.4 is 0 Å². The van der Waals surface area contributed by atoms with E-state index >= 15 is 0 Å². The number of carboxylic acid groups (broad SMARTS) is 2. The van der Waals surface area contributed by atoms with E-state index in [1.54, 1.807) is 60.7 Å². The minimum atomic E-state index is -1.01. The molecule has 3 aromatic rings. The third kappa shape index (κ3) is 4.90. The number of carbonyl (C=O) groups is 2. The first-order valence-corrected chi connectivity index (χ1v) is 10.3. The van der Waals surface area contributed by atoms with Crippen molar-refractivity contribution in [3.8, 4) is 0 Å². The summed E-state index contributed by atoms with van der Waals surface area (Å²) in [4.78, 5) is 24.4. The van der Waals surface area contributed by atoms with Crippen molar-refractivity contribution < 1.29 is 19.8 Å². The van der Waals surface area contributed by atoms with Gasteiger partial charge in [0.2, 0.25) is 0 Å². The molecule has 0 saturated heterocycles. The normalized spacial score (nSPS) is 10.8. The average molecular weight is 431 g/mol. The molecular formula is C21H15ClO4S2. The molecule has 0 radical (unpaired) electrons. The molecule has 0 amide bonds. The molecule has 0 heterocycles. The van der Waals surface area contributed by atoms with Gasteiger partial charge in [-0.3, -0.25) is 0 Å². The van der Waals surface area contributed by atoms with Crippen LogP contribution in [0.1, 0.15) is 30.9 Å². The predicted octanol–water partition coefficient (Wildman–Crippen LogP) is 6.32. The van der Waals surface area contributed by atoms with Gasteiger partial charge in [0.05, 0.1) is 15.7 Å². The number of hydrogen-bond donors (Lipinski definition) is 2. The molecule has 0 aliphatic carbocycles. The highest BCUT2D eigenvalue weighted by atomic mass is 35.5. The van der Waals surface area contributed by atoms with Crippen molar-refractivity contribution in [2.75, 3.05) is 0 Å². The van der Waals surface area contributed by atoms with Gasteiger partial charge in [-0.1, -0.05) is 48.0 Å². The lowest BCUT2D eigenvalue weighted by molar-refractivity contribution is 0.0682. The van der Waals surface area contributed by atoms with E-state index in [4.69, 9.17) is 11.6 Å². The average Bonchev–Trinajstić information content (AvgIpc) is 2.68. The van der Waals surface area contributed by atoms with Crippen LogP contribution in [0.4, 0.5) is 0 Å². The molecule has 2 N–H and O–H groups in total. The summed E-state index contributed by atoms with van der Waals surface area (Å²) in [7, 11) is 0. The van der Waals surface area contributed by atoms with Crippen LogP contribution in [0.5, 0.6) is 0 Å². The summed E-state index contributed by atoms with van der Waals surface area (Å²) in [5.74, 6) is -2.01. The number of benzene rings is 3. The molecule has 0 saturated carbocycles. The topological polar surface area (TPSA) is 74.6 Å². The zero-order chi connectivity index (χ0) is 20.1. The van der Waals surface area contributed by atoms with Crippen LogP contribution in [0.2, 0.25) is 5.02 Å². The molecule has 28 heavy (non-hydrogen) atoms. The van der Waals surface area contributed by atoms with Gasteiger partial charge in [0.1, 0.15) is 0 Å². The molecule has 0 fully saturated rings. The lowest BCUT2D eigenvalue weighted by Crippen LogP contribution is -2.01. The van der Waals surface area contributed by atoms with E-state index in [0.717, 1.165) is 5.56 Å². The highest BCUT2D eigenvalue weighted by molar-refractivity contribution is 8.16. The van der Waals surface area contributed by atoms with E-state index in [9.17, 15) is 19.8 Å². The molecule has 0 atom stereocenters. The van der Waals surface area contributed by atoms with Crippen LogP contribution in [0.15, 0.2) is 82.6 Å². The lowest BCUT2D eigenvalue weighted by atomic mass is 10.2. The fourth-order valence-corrected chi connectivity index (χ4v) is 5.37. The van der Waals surface area contributed by atoms with Crippen molar-refractivity contribution in [3.63, 3.8) is 0 Å². The van der Waals surface area contributed by atoms with Gasteiger partial charge in [-0.05, 0) is 42.0 Å². The van der Waals surface area contributed by atoms with Crippen LogP contribution in [0, 0.1) is 0 Å². The number of aromatic carboxylic acids is 2. The van der Waals surface area contributed by atoms with Gasteiger partial charge in [-0.25, -0.2) is 9.59 Å². The largest absolute Gasteiger partial charge is 0.478 e. The molecule has 0 aliphatic heterocycles. The summed E-state index contributed by atoms with van der Waals surface area (Å²) in [6, 6.07) is 20.8. The van der Waals surface area contributed by atoms with E-state index in [2.05, 4.69) is 0 Å². The molecule has 7 heteroatoms. The third-order valence-electron chi connectivity index (χ3n) is 3.85. The van der Waals surface area contributed by atoms with Gasteiger partial charge < -0.3 is 10.2 Å². The SMILES string of the molecule is O=C(O)c1ccccc1SC(Sc1ccccc1C(=O)O)c1ccc(Cl)cc1. The smallest absolute Gasteiger partial charge is 0.336 e. The van der Waals surface area contributed by atoms with Crippen molar-refractivity contribution in [1.29, 1.82) is 0 Å². The Kier molecular flexibility index (Phi) is 6.67. The van der Waals surface area contributed by atoms with Gasteiger partial charge in [0.15, 0.2) is 0 Å². The van der Waals surface area contributed by atoms with E-state index < -0.39 is 11.9 Å². The van der Waals surface area contributed by atoms with Gasteiger partial charge in [0, 0.05) is 14.8 Å². The molecule has 3 rings (SSSR count). The maximum Gasteiger partial charge on any atom is 0.336 e. The Balaban J connectivity index is 2.01.